The van der Waals surface area contributed by atoms with Crippen molar-refractivity contribution in [2.45, 2.75) is 47.1 Å². The predicted octanol–water partition coefficient (Wildman–Crippen LogP) is 4.15. The van der Waals surface area contributed by atoms with Crippen LogP contribution in [-0.2, 0) is 0 Å². The third-order valence-electron chi connectivity index (χ3n) is 3.24. The molecule has 3 nitrogen and oxygen atoms in total. The van der Waals surface area contributed by atoms with Crippen LogP contribution in [0.4, 0.5) is 10.1 Å². The molecular weight excluding hydrogens is 267 g/mol. The van der Waals surface area contributed by atoms with Gasteiger partial charge in [0, 0.05) is 19.1 Å². The van der Waals surface area contributed by atoms with Crippen molar-refractivity contribution in [2.24, 2.45) is 5.92 Å². The third kappa shape index (κ3) is 4.73. The Morgan fingerprint density at radius 2 is 1.95 bits per heavy atom. The number of para-hydroxylation sites is 1. The molecule has 118 valence electrons. The van der Waals surface area contributed by atoms with Gasteiger partial charge in [-0.15, -0.1) is 0 Å². The minimum atomic E-state index is -0.373. The number of amides is 1. The summed E-state index contributed by atoms with van der Waals surface area (Å²) in [5.41, 5.74) is 0.733. The second-order valence-corrected chi connectivity index (χ2v) is 6.03. The lowest BCUT2D eigenvalue weighted by atomic mass is 10.1. The maximum absolute atomic E-state index is 14.0. The Bertz CT molecular complexity index is 472. The Hall–Kier alpha value is -1.58. The van der Waals surface area contributed by atoms with Gasteiger partial charge in [0.1, 0.15) is 5.82 Å². The zero-order valence-electron chi connectivity index (χ0n) is 13.7. The van der Waals surface area contributed by atoms with Crippen molar-refractivity contribution < 1.29 is 9.18 Å². The van der Waals surface area contributed by atoms with Gasteiger partial charge in [-0.1, -0.05) is 26.8 Å². The molecule has 4 heteroatoms. The lowest BCUT2D eigenvalue weighted by molar-refractivity contribution is 0.0682. The molecule has 0 bridgehead atoms. The first-order chi connectivity index (χ1) is 9.88. The molecule has 0 unspecified atom stereocenters. The van der Waals surface area contributed by atoms with Crippen LogP contribution in [-0.4, -0.2) is 29.9 Å². The standard InChI is InChI=1S/C17H27FN2O/c1-6-10-19-16-14(8-7-9-15(16)18)17(21)20(13(4)5)11-12(2)3/h7-9,12-13,19H,6,10-11H2,1-5H3. The molecule has 0 aromatic heterocycles. The maximum atomic E-state index is 14.0. The average molecular weight is 294 g/mol. The summed E-state index contributed by atoms with van der Waals surface area (Å²) in [6.45, 7) is 11.4. The van der Waals surface area contributed by atoms with Crippen LogP contribution in [0.3, 0.4) is 0 Å². The van der Waals surface area contributed by atoms with Crippen molar-refractivity contribution >= 4 is 11.6 Å². The number of rotatable bonds is 7. The first kappa shape index (κ1) is 17.5. The molecule has 0 fully saturated rings. The van der Waals surface area contributed by atoms with E-state index in [9.17, 15) is 9.18 Å². The van der Waals surface area contributed by atoms with Crippen molar-refractivity contribution in [3.8, 4) is 0 Å². The molecule has 0 atom stereocenters. The summed E-state index contributed by atoms with van der Waals surface area (Å²) in [6, 6.07) is 4.76. The number of anilines is 1. The molecule has 0 aliphatic heterocycles. The van der Waals surface area contributed by atoms with E-state index in [1.807, 2.05) is 20.8 Å². The van der Waals surface area contributed by atoms with Gasteiger partial charge >= 0.3 is 0 Å². The van der Waals surface area contributed by atoms with E-state index in [0.717, 1.165) is 6.42 Å². The number of nitrogens with one attached hydrogen (secondary N) is 1. The van der Waals surface area contributed by atoms with Crippen LogP contribution in [0.25, 0.3) is 0 Å². The predicted molar refractivity (Wildman–Crippen MR) is 86.2 cm³/mol. The van der Waals surface area contributed by atoms with Crippen molar-refractivity contribution in [3.05, 3.63) is 29.6 Å². The van der Waals surface area contributed by atoms with Gasteiger partial charge in [0.15, 0.2) is 0 Å². The summed E-state index contributed by atoms with van der Waals surface area (Å²) in [5, 5.41) is 3.04. The van der Waals surface area contributed by atoms with Crippen molar-refractivity contribution in [3.63, 3.8) is 0 Å². The Kier molecular flexibility index (Phi) is 6.66. The topological polar surface area (TPSA) is 32.3 Å². The van der Waals surface area contributed by atoms with E-state index in [-0.39, 0.29) is 17.8 Å². The molecule has 0 heterocycles. The van der Waals surface area contributed by atoms with Gasteiger partial charge in [-0.3, -0.25) is 4.79 Å². The molecule has 1 N–H and O–H groups in total. The van der Waals surface area contributed by atoms with Crippen molar-refractivity contribution in [2.75, 3.05) is 18.4 Å². The number of halogens is 1. The van der Waals surface area contributed by atoms with Gasteiger partial charge in [-0.2, -0.15) is 0 Å². The number of hydrogen-bond donors (Lipinski definition) is 1. The van der Waals surface area contributed by atoms with Gasteiger partial charge < -0.3 is 10.2 Å². The molecule has 0 spiro atoms. The van der Waals surface area contributed by atoms with Gasteiger partial charge in [0.25, 0.3) is 5.91 Å². The Morgan fingerprint density at radius 3 is 2.48 bits per heavy atom. The van der Waals surface area contributed by atoms with Gasteiger partial charge in [-0.05, 0) is 38.3 Å². The van der Waals surface area contributed by atoms with E-state index in [1.54, 1.807) is 17.0 Å². The Morgan fingerprint density at radius 1 is 1.29 bits per heavy atom. The number of carbonyl (C=O) groups excluding carboxylic acids is 1. The molecule has 0 radical (unpaired) electrons. The molecule has 0 saturated heterocycles. The summed E-state index contributed by atoms with van der Waals surface area (Å²) in [6.07, 6.45) is 0.877. The monoisotopic (exact) mass is 294 g/mol. The van der Waals surface area contributed by atoms with Crippen LogP contribution in [0.15, 0.2) is 18.2 Å². The number of nitrogens with zero attached hydrogens (tertiary/aromatic N) is 1. The SMILES string of the molecule is CCCNc1c(F)cccc1C(=O)N(CC(C)C)C(C)C. The molecule has 0 aliphatic carbocycles. The second kappa shape index (κ2) is 8.01. The fourth-order valence-electron chi connectivity index (χ4n) is 2.21. The van der Waals surface area contributed by atoms with Gasteiger partial charge in [0.05, 0.1) is 11.3 Å². The van der Waals surface area contributed by atoms with Gasteiger partial charge in [0.2, 0.25) is 0 Å². The molecule has 1 aromatic carbocycles. The van der Waals surface area contributed by atoms with E-state index in [2.05, 4.69) is 19.2 Å². The van der Waals surface area contributed by atoms with Crippen LogP contribution < -0.4 is 5.32 Å². The number of benzene rings is 1. The maximum Gasteiger partial charge on any atom is 0.256 e. The summed E-state index contributed by atoms with van der Waals surface area (Å²) in [7, 11) is 0. The van der Waals surface area contributed by atoms with E-state index >= 15 is 0 Å². The zero-order chi connectivity index (χ0) is 16.0. The smallest absolute Gasteiger partial charge is 0.256 e. The first-order valence-corrected chi connectivity index (χ1v) is 7.71. The number of hydrogen-bond acceptors (Lipinski definition) is 2. The van der Waals surface area contributed by atoms with Crippen LogP contribution in [0.2, 0.25) is 0 Å². The first-order valence-electron chi connectivity index (χ1n) is 7.71. The minimum absolute atomic E-state index is 0.0854. The lowest BCUT2D eigenvalue weighted by Gasteiger charge is -2.29. The highest BCUT2D eigenvalue weighted by Crippen LogP contribution is 2.23. The van der Waals surface area contributed by atoms with Crippen LogP contribution >= 0.6 is 0 Å². The van der Waals surface area contributed by atoms with E-state index in [4.69, 9.17) is 0 Å². The normalized spacial score (nSPS) is 11.0. The summed E-state index contributed by atoms with van der Waals surface area (Å²) in [4.78, 5) is 14.6. The molecule has 21 heavy (non-hydrogen) atoms. The van der Waals surface area contributed by atoms with Gasteiger partial charge in [-0.25, -0.2) is 4.39 Å². The van der Waals surface area contributed by atoms with Crippen molar-refractivity contribution in [1.29, 1.82) is 0 Å². The van der Waals surface area contributed by atoms with Crippen molar-refractivity contribution in [1.82, 2.24) is 4.90 Å². The van der Waals surface area contributed by atoms with Crippen LogP contribution in [0.5, 0.6) is 0 Å². The summed E-state index contributed by atoms with van der Waals surface area (Å²) >= 11 is 0. The highest BCUT2D eigenvalue weighted by molar-refractivity contribution is 5.99. The minimum Gasteiger partial charge on any atom is -0.382 e. The van der Waals surface area contributed by atoms with E-state index in [0.29, 0.717) is 30.3 Å². The zero-order valence-corrected chi connectivity index (χ0v) is 13.7. The molecule has 1 rings (SSSR count). The quantitative estimate of drug-likeness (QED) is 0.819. The fourth-order valence-corrected chi connectivity index (χ4v) is 2.21. The average Bonchev–Trinajstić information content (AvgIpc) is 2.42. The fraction of sp³-hybridized carbons (Fsp3) is 0.588. The molecule has 0 saturated carbocycles. The number of carbonyl (C=O) groups is 1. The third-order valence-corrected chi connectivity index (χ3v) is 3.24. The lowest BCUT2D eigenvalue weighted by Crippen LogP contribution is -2.39. The molecule has 0 aliphatic rings. The second-order valence-electron chi connectivity index (χ2n) is 6.03. The molecule has 1 aromatic rings. The largest absolute Gasteiger partial charge is 0.382 e. The molecular formula is C17H27FN2O. The highest BCUT2D eigenvalue weighted by atomic mass is 19.1. The van der Waals surface area contributed by atoms with Crippen LogP contribution in [0, 0.1) is 11.7 Å². The Labute approximate surface area is 127 Å². The van der Waals surface area contributed by atoms with E-state index < -0.39 is 0 Å². The van der Waals surface area contributed by atoms with Crippen LogP contribution in [0.1, 0.15) is 51.4 Å². The highest BCUT2D eigenvalue weighted by Gasteiger charge is 2.23. The Balaban J connectivity index is 3.12. The summed E-state index contributed by atoms with van der Waals surface area (Å²) in [5.74, 6) is -0.115. The van der Waals surface area contributed by atoms with E-state index in [1.165, 1.54) is 6.07 Å². The summed E-state index contributed by atoms with van der Waals surface area (Å²) < 4.78 is 14.0. The molecule has 1 amide bonds.